The SMILES string of the molecule is CCC(CC)Oc1ccc2n(n1)c(=N)[n-][n+]2CC(=O)c1cc(OCC2CCC2)cc(C(C)(C)C)c1. The molecule has 0 amide bonds. The zero-order chi connectivity index (χ0) is 25.2. The van der Waals surface area contributed by atoms with Crippen LogP contribution in [-0.4, -0.2) is 28.1 Å². The molecule has 1 aromatic carbocycles. The lowest BCUT2D eigenvalue weighted by atomic mass is 9.85. The standard InChI is InChI=1S/C27H37N5O3/c1-6-21(7-2)35-24-11-12-25-31(30-26(28)32(25)29-24)16-23(33)19-13-20(27(3,4)5)15-22(14-19)34-17-18-9-8-10-18/h11-15,18,21,28H,6-10,16-17H2,1-5H3. The third-order valence-electron chi connectivity index (χ3n) is 6.77. The predicted octanol–water partition coefficient (Wildman–Crippen LogP) is 3.99. The Morgan fingerprint density at radius 1 is 1.23 bits per heavy atom. The number of nitrogens with zero attached hydrogens (tertiary/aromatic N) is 4. The fourth-order valence-electron chi connectivity index (χ4n) is 4.14. The largest absolute Gasteiger partial charge is 0.493 e. The Balaban J connectivity index is 1.58. The van der Waals surface area contributed by atoms with Crippen LogP contribution < -0.4 is 24.9 Å². The lowest BCUT2D eigenvalue weighted by molar-refractivity contribution is -0.721. The molecule has 0 unspecified atom stereocenters. The Morgan fingerprint density at radius 2 is 1.97 bits per heavy atom. The highest BCUT2D eigenvalue weighted by Gasteiger charge is 2.23. The van der Waals surface area contributed by atoms with Crippen molar-refractivity contribution in [1.29, 1.82) is 5.41 Å². The first-order valence-electron chi connectivity index (χ1n) is 12.7. The number of aromatic nitrogens is 4. The number of fused-ring (bicyclic) bond motifs is 1. The lowest BCUT2D eigenvalue weighted by Gasteiger charge is -2.26. The van der Waals surface area contributed by atoms with Gasteiger partial charge in [0, 0.05) is 17.7 Å². The first-order valence-corrected chi connectivity index (χ1v) is 12.7. The summed E-state index contributed by atoms with van der Waals surface area (Å²) in [6.07, 6.45) is 5.52. The molecule has 2 heterocycles. The molecule has 8 nitrogen and oxygen atoms in total. The normalized spacial score (nSPS) is 14.3. The van der Waals surface area contributed by atoms with Gasteiger partial charge in [-0.1, -0.05) is 45.6 Å². The first-order chi connectivity index (χ1) is 16.7. The average Bonchev–Trinajstić information content (AvgIpc) is 3.10. The van der Waals surface area contributed by atoms with Crippen LogP contribution >= 0.6 is 0 Å². The smallest absolute Gasteiger partial charge is 0.317 e. The second kappa shape index (κ2) is 10.2. The molecule has 0 saturated heterocycles. The van der Waals surface area contributed by atoms with Crippen LogP contribution in [0.5, 0.6) is 11.6 Å². The van der Waals surface area contributed by atoms with Crippen molar-refractivity contribution in [3.63, 3.8) is 0 Å². The monoisotopic (exact) mass is 479 g/mol. The predicted molar refractivity (Wildman–Crippen MR) is 132 cm³/mol. The molecular formula is C27H37N5O3. The maximum absolute atomic E-state index is 13.4. The molecule has 0 spiro atoms. The minimum Gasteiger partial charge on any atom is -0.493 e. The van der Waals surface area contributed by atoms with E-state index < -0.39 is 0 Å². The van der Waals surface area contributed by atoms with Crippen LogP contribution in [0.4, 0.5) is 0 Å². The molecule has 35 heavy (non-hydrogen) atoms. The molecule has 2 aromatic heterocycles. The fourth-order valence-corrected chi connectivity index (χ4v) is 4.14. The van der Waals surface area contributed by atoms with Crippen LogP contribution in [0.3, 0.4) is 0 Å². The van der Waals surface area contributed by atoms with Gasteiger partial charge in [0.25, 0.3) is 5.88 Å². The molecule has 1 saturated carbocycles. The molecule has 0 radical (unpaired) electrons. The summed E-state index contributed by atoms with van der Waals surface area (Å²) >= 11 is 0. The van der Waals surface area contributed by atoms with Gasteiger partial charge in [0.05, 0.1) is 6.61 Å². The van der Waals surface area contributed by atoms with Crippen molar-refractivity contribution in [2.24, 2.45) is 5.92 Å². The van der Waals surface area contributed by atoms with Crippen molar-refractivity contribution < 1.29 is 19.0 Å². The van der Waals surface area contributed by atoms with Gasteiger partial charge in [-0.05, 0) is 65.9 Å². The first kappa shape index (κ1) is 24.9. The van der Waals surface area contributed by atoms with E-state index in [1.165, 1.54) is 28.5 Å². The summed E-state index contributed by atoms with van der Waals surface area (Å²) in [5.74, 6) is 1.70. The maximum Gasteiger partial charge on any atom is 0.317 e. The molecule has 1 fully saturated rings. The Bertz CT molecular complexity index is 1250. The average molecular weight is 480 g/mol. The lowest BCUT2D eigenvalue weighted by Crippen LogP contribution is -2.43. The summed E-state index contributed by atoms with van der Waals surface area (Å²) in [4.78, 5) is 13.4. The Hall–Kier alpha value is -3.16. The Labute approximate surface area is 206 Å². The molecule has 1 aliphatic carbocycles. The third-order valence-corrected chi connectivity index (χ3v) is 6.77. The highest BCUT2D eigenvalue weighted by Crippen LogP contribution is 2.30. The number of Topliss-reactive ketones (excluding diaryl/α,β-unsaturated/α-hetero) is 1. The van der Waals surface area contributed by atoms with Gasteiger partial charge in [-0.3, -0.25) is 4.79 Å². The van der Waals surface area contributed by atoms with Crippen LogP contribution in [0.2, 0.25) is 0 Å². The van der Waals surface area contributed by atoms with Gasteiger partial charge < -0.3 is 14.9 Å². The van der Waals surface area contributed by atoms with Gasteiger partial charge in [-0.2, -0.15) is 9.78 Å². The van der Waals surface area contributed by atoms with Gasteiger partial charge in [0.2, 0.25) is 11.4 Å². The Kier molecular flexibility index (Phi) is 7.28. The second-order valence-electron chi connectivity index (χ2n) is 10.5. The van der Waals surface area contributed by atoms with E-state index in [2.05, 4.69) is 44.8 Å². The number of ketones is 1. The zero-order valence-electron chi connectivity index (χ0n) is 21.5. The van der Waals surface area contributed by atoms with Crippen LogP contribution in [-0.2, 0) is 12.0 Å². The second-order valence-corrected chi connectivity index (χ2v) is 10.5. The van der Waals surface area contributed by atoms with E-state index in [4.69, 9.17) is 14.9 Å². The molecule has 4 rings (SSSR count). The van der Waals surface area contributed by atoms with Gasteiger partial charge in [-0.25, -0.2) is 0 Å². The van der Waals surface area contributed by atoms with E-state index in [0.29, 0.717) is 29.6 Å². The van der Waals surface area contributed by atoms with E-state index in [9.17, 15) is 4.79 Å². The zero-order valence-corrected chi connectivity index (χ0v) is 21.5. The number of carbonyl (C=O) groups excluding carboxylic acids is 1. The molecule has 1 N–H and O–H groups in total. The number of carbonyl (C=O) groups is 1. The van der Waals surface area contributed by atoms with E-state index in [0.717, 1.165) is 24.2 Å². The van der Waals surface area contributed by atoms with E-state index in [-0.39, 0.29) is 29.5 Å². The van der Waals surface area contributed by atoms with E-state index in [1.54, 1.807) is 12.1 Å². The van der Waals surface area contributed by atoms with E-state index in [1.807, 2.05) is 18.2 Å². The number of hydrogen-bond donors (Lipinski definition) is 1. The van der Waals surface area contributed by atoms with Crippen LogP contribution in [0.25, 0.3) is 5.65 Å². The molecule has 0 aliphatic heterocycles. The summed E-state index contributed by atoms with van der Waals surface area (Å²) in [6, 6.07) is 9.38. The minimum absolute atomic E-state index is 0.00642. The number of rotatable bonds is 10. The van der Waals surface area contributed by atoms with Crippen molar-refractivity contribution in [1.82, 2.24) is 14.7 Å². The quantitative estimate of drug-likeness (QED) is 0.351. The van der Waals surface area contributed by atoms with Crippen molar-refractivity contribution in [3.05, 3.63) is 47.1 Å². The third kappa shape index (κ3) is 5.74. The number of hydrogen-bond acceptors (Lipinski definition) is 5. The Morgan fingerprint density at radius 3 is 2.60 bits per heavy atom. The van der Waals surface area contributed by atoms with Crippen LogP contribution in [0.1, 0.15) is 82.6 Å². The highest BCUT2D eigenvalue weighted by molar-refractivity contribution is 5.95. The highest BCUT2D eigenvalue weighted by atomic mass is 16.5. The van der Waals surface area contributed by atoms with Gasteiger partial charge >= 0.3 is 5.65 Å². The van der Waals surface area contributed by atoms with Crippen LogP contribution in [0, 0.1) is 11.3 Å². The summed E-state index contributed by atoms with van der Waals surface area (Å²) in [5.41, 5.74) is 2.04. The van der Waals surface area contributed by atoms with E-state index >= 15 is 0 Å². The summed E-state index contributed by atoms with van der Waals surface area (Å²) < 4.78 is 14.9. The summed E-state index contributed by atoms with van der Waals surface area (Å²) in [6.45, 7) is 11.2. The summed E-state index contributed by atoms with van der Waals surface area (Å²) in [5, 5.41) is 16.9. The van der Waals surface area contributed by atoms with Crippen LogP contribution in [0.15, 0.2) is 30.3 Å². The van der Waals surface area contributed by atoms with Crippen molar-refractivity contribution in [2.45, 2.75) is 84.8 Å². The van der Waals surface area contributed by atoms with Gasteiger partial charge in [0.1, 0.15) is 11.9 Å². The molecule has 0 bridgehead atoms. The molecule has 0 atom stereocenters. The molecule has 3 aromatic rings. The number of ether oxygens (including phenoxy) is 2. The topological polar surface area (TPSA) is 94.7 Å². The summed E-state index contributed by atoms with van der Waals surface area (Å²) in [7, 11) is 0. The van der Waals surface area contributed by atoms with Crippen molar-refractivity contribution >= 4 is 11.4 Å². The molecule has 1 aliphatic rings. The van der Waals surface area contributed by atoms with Crippen molar-refractivity contribution in [3.8, 4) is 11.6 Å². The minimum atomic E-state index is -0.122. The fraction of sp³-hybridized carbons (Fsp3) is 0.556. The van der Waals surface area contributed by atoms with Crippen molar-refractivity contribution in [2.75, 3.05) is 6.61 Å². The van der Waals surface area contributed by atoms with Gasteiger partial charge in [0.15, 0.2) is 6.54 Å². The molecule has 188 valence electrons. The molecular weight excluding hydrogens is 442 g/mol. The maximum atomic E-state index is 13.4. The van der Waals surface area contributed by atoms with Gasteiger partial charge in [-0.15, -0.1) is 0 Å². The number of nitrogens with one attached hydrogen (secondary N) is 1. The number of benzene rings is 1. The molecule has 8 heteroatoms.